The van der Waals surface area contributed by atoms with E-state index in [9.17, 15) is 15.0 Å². The largest absolute Gasteiger partial charge is 0.493 e. The number of aliphatic hydroxyl groups is 1. The molecule has 0 saturated heterocycles. The Labute approximate surface area is 217 Å². The van der Waals surface area contributed by atoms with Gasteiger partial charge in [-0.1, -0.05) is 0 Å². The lowest BCUT2D eigenvalue weighted by atomic mass is 10.2. The van der Waals surface area contributed by atoms with Gasteiger partial charge in [0.25, 0.3) is 0 Å². The van der Waals surface area contributed by atoms with Crippen molar-refractivity contribution < 1.29 is 19.7 Å². The molecule has 0 radical (unpaired) electrons. The Morgan fingerprint density at radius 3 is 2.68 bits per heavy atom. The molecule has 0 saturated carbocycles. The molecule has 0 unspecified atom stereocenters. The van der Waals surface area contributed by atoms with Gasteiger partial charge >= 0.3 is 5.97 Å². The van der Waals surface area contributed by atoms with Crippen LogP contribution in [0.3, 0.4) is 0 Å². The van der Waals surface area contributed by atoms with Crippen molar-refractivity contribution >= 4 is 28.5 Å². The summed E-state index contributed by atoms with van der Waals surface area (Å²) in [6.07, 6.45) is 5.29. The monoisotopic (exact) mass is 517 g/mol. The minimum atomic E-state index is -0.440. The van der Waals surface area contributed by atoms with E-state index in [1.807, 2.05) is 23.7 Å². The molecule has 0 aliphatic carbocycles. The van der Waals surface area contributed by atoms with Gasteiger partial charge in [-0.3, -0.25) is 4.68 Å². The first kappa shape index (κ1) is 24.9. The molecule has 0 bridgehead atoms. The second-order valence-corrected chi connectivity index (χ2v) is 8.79. The molecule has 0 amide bonds. The van der Waals surface area contributed by atoms with Crippen molar-refractivity contribution in [1.82, 2.24) is 39.1 Å². The first-order chi connectivity index (χ1) is 18.3. The van der Waals surface area contributed by atoms with Crippen LogP contribution in [0.2, 0.25) is 0 Å². The Morgan fingerprint density at radius 1 is 1.16 bits per heavy atom. The Balaban J connectivity index is 1.55. The van der Waals surface area contributed by atoms with Crippen LogP contribution < -0.4 is 5.32 Å². The van der Waals surface area contributed by atoms with E-state index in [1.165, 1.54) is 18.0 Å². The van der Waals surface area contributed by atoms with Crippen LogP contribution in [0.15, 0.2) is 42.9 Å². The molecule has 0 aliphatic rings. The van der Waals surface area contributed by atoms with Crippen LogP contribution in [-0.4, -0.2) is 69.0 Å². The first-order valence-electron chi connectivity index (χ1n) is 11.9. The van der Waals surface area contributed by atoms with E-state index in [2.05, 4.69) is 25.4 Å². The van der Waals surface area contributed by atoms with Gasteiger partial charge in [0.1, 0.15) is 28.6 Å². The number of aromatic nitrogens is 8. The average Bonchev–Trinajstić information content (AvgIpc) is 3.58. The fourth-order valence-corrected chi connectivity index (χ4v) is 4.27. The highest BCUT2D eigenvalue weighted by atomic mass is 16.5. The summed E-state index contributed by atoms with van der Waals surface area (Å²) in [6, 6.07) is 6.95. The maximum absolute atomic E-state index is 12.1. The van der Waals surface area contributed by atoms with Gasteiger partial charge in [-0.05, 0) is 31.5 Å². The number of aryl methyl sites for hydroxylation is 1. The molecule has 196 valence electrons. The first-order valence-corrected chi connectivity index (χ1v) is 11.9. The SMILES string of the molecule is COC(=O)c1ccc(-c2nn([C@@H](C)CCO)c3cc(Nc4ccnc(-c5cnn(C)c5O)n4)ncc23)n1C. The van der Waals surface area contributed by atoms with Gasteiger partial charge in [0.05, 0.1) is 30.6 Å². The van der Waals surface area contributed by atoms with Gasteiger partial charge in [0, 0.05) is 44.5 Å². The molecule has 5 heterocycles. The molecule has 0 aromatic carbocycles. The van der Waals surface area contributed by atoms with Gasteiger partial charge in [0.2, 0.25) is 5.88 Å². The highest BCUT2D eigenvalue weighted by molar-refractivity contribution is 5.95. The fourth-order valence-electron chi connectivity index (χ4n) is 4.27. The maximum atomic E-state index is 12.1. The zero-order chi connectivity index (χ0) is 27.0. The third-order valence-corrected chi connectivity index (χ3v) is 6.38. The second-order valence-electron chi connectivity index (χ2n) is 8.79. The lowest BCUT2D eigenvalue weighted by molar-refractivity contribution is 0.0590. The number of aromatic hydroxyl groups is 1. The number of anilines is 2. The highest BCUT2D eigenvalue weighted by Gasteiger charge is 2.22. The number of carbonyl (C=O) groups excluding carboxylic acids is 1. The van der Waals surface area contributed by atoms with E-state index in [1.54, 1.807) is 43.2 Å². The molecular weight excluding hydrogens is 490 g/mol. The number of methoxy groups -OCH3 is 1. The fraction of sp³-hybridized carbons (Fsp3) is 0.280. The van der Waals surface area contributed by atoms with Crippen molar-refractivity contribution in [3.63, 3.8) is 0 Å². The van der Waals surface area contributed by atoms with Gasteiger partial charge < -0.3 is 24.8 Å². The van der Waals surface area contributed by atoms with Crippen molar-refractivity contribution in [1.29, 1.82) is 0 Å². The van der Waals surface area contributed by atoms with Crippen molar-refractivity contribution in [2.45, 2.75) is 19.4 Å². The Morgan fingerprint density at radius 2 is 1.97 bits per heavy atom. The van der Waals surface area contributed by atoms with Crippen LogP contribution in [0.5, 0.6) is 5.88 Å². The maximum Gasteiger partial charge on any atom is 0.354 e. The number of carbonyl (C=O) groups is 1. The van der Waals surface area contributed by atoms with Crippen LogP contribution in [0.25, 0.3) is 33.7 Å². The van der Waals surface area contributed by atoms with Crippen molar-refractivity contribution in [3.05, 3.63) is 48.5 Å². The summed E-state index contributed by atoms with van der Waals surface area (Å²) in [5.74, 6) is 0.834. The number of esters is 1. The van der Waals surface area contributed by atoms with Gasteiger partial charge in [-0.15, -0.1) is 0 Å². The predicted octanol–water partition coefficient (Wildman–Crippen LogP) is 2.81. The molecule has 5 aromatic rings. The summed E-state index contributed by atoms with van der Waals surface area (Å²) < 4.78 is 9.80. The molecule has 38 heavy (non-hydrogen) atoms. The van der Waals surface area contributed by atoms with Crippen LogP contribution in [0, 0.1) is 0 Å². The number of nitrogens with zero attached hydrogens (tertiary/aromatic N) is 8. The number of ether oxygens (including phenoxy) is 1. The van der Waals surface area contributed by atoms with Gasteiger partial charge in [-0.2, -0.15) is 10.2 Å². The quantitative estimate of drug-likeness (QED) is 0.261. The number of aliphatic hydroxyl groups excluding tert-OH is 1. The van der Waals surface area contributed by atoms with E-state index in [0.29, 0.717) is 40.8 Å². The summed E-state index contributed by atoms with van der Waals surface area (Å²) >= 11 is 0. The molecule has 13 nitrogen and oxygen atoms in total. The number of pyridine rings is 1. The number of hydrogen-bond donors (Lipinski definition) is 3. The van der Waals surface area contributed by atoms with E-state index < -0.39 is 5.97 Å². The van der Waals surface area contributed by atoms with Crippen LogP contribution in [0.1, 0.15) is 29.9 Å². The second kappa shape index (κ2) is 9.94. The Bertz CT molecular complexity index is 1640. The molecule has 0 spiro atoms. The minimum Gasteiger partial charge on any atom is -0.493 e. The van der Waals surface area contributed by atoms with Crippen LogP contribution in [0.4, 0.5) is 11.6 Å². The zero-order valence-corrected chi connectivity index (χ0v) is 21.3. The summed E-state index contributed by atoms with van der Waals surface area (Å²) in [7, 11) is 4.74. The van der Waals surface area contributed by atoms with Crippen molar-refractivity contribution in [3.8, 4) is 28.7 Å². The number of nitrogens with one attached hydrogen (secondary N) is 1. The summed E-state index contributed by atoms with van der Waals surface area (Å²) in [5.41, 5.74) is 2.98. The van der Waals surface area contributed by atoms with Gasteiger partial charge in [-0.25, -0.2) is 24.4 Å². The van der Waals surface area contributed by atoms with Crippen molar-refractivity contribution in [2.75, 3.05) is 19.0 Å². The lowest BCUT2D eigenvalue weighted by Crippen LogP contribution is -2.10. The third kappa shape index (κ3) is 4.32. The topological polar surface area (TPSA) is 158 Å². The number of rotatable bonds is 8. The minimum absolute atomic E-state index is 0.00951. The molecule has 5 aromatic heterocycles. The molecular formula is C25H27N9O4. The van der Waals surface area contributed by atoms with E-state index in [4.69, 9.17) is 9.84 Å². The smallest absolute Gasteiger partial charge is 0.354 e. The molecule has 13 heteroatoms. The molecule has 1 atom stereocenters. The number of hydrogen-bond acceptors (Lipinski definition) is 10. The van der Waals surface area contributed by atoms with E-state index in [-0.39, 0.29) is 18.5 Å². The predicted molar refractivity (Wildman–Crippen MR) is 139 cm³/mol. The van der Waals surface area contributed by atoms with E-state index in [0.717, 1.165) is 16.6 Å². The zero-order valence-electron chi connectivity index (χ0n) is 21.3. The van der Waals surface area contributed by atoms with Crippen LogP contribution in [-0.2, 0) is 18.8 Å². The molecule has 0 aliphatic heterocycles. The Hall–Kier alpha value is -4.78. The molecule has 3 N–H and O–H groups in total. The highest BCUT2D eigenvalue weighted by Crippen LogP contribution is 2.33. The summed E-state index contributed by atoms with van der Waals surface area (Å²) in [4.78, 5) is 25.5. The summed E-state index contributed by atoms with van der Waals surface area (Å²) in [6.45, 7) is 1.98. The average molecular weight is 518 g/mol. The van der Waals surface area contributed by atoms with Crippen molar-refractivity contribution in [2.24, 2.45) is 14.1 Å². The Kier molecular flexibility index (Phi) is 6.51. The normalized spacial score (nSPS) is 12.1. The molecule has 5 rings (SSSR count). The number of fused-ring (bicyclic) bond motifs is 1. The van der Waals surface area contributed by atoms with Gasteiger partial charge in [0.15, 0.2) is 5.82 Å². The summed E-state index contributed by atoms with van der Waals surface area (Å²) in [5, 5.41) is 32.6. The lowest BCUT2D eigenvalue weighted by Gasteiger charge is -2.12. The standard InChI is InChI=1S/C25H27N9O4/c1-14(8-10-35)34-19-11-21(29-20-7-9-26-23(30-20)16-13-28-33(3)24(16)36)27-12-15(19)22(31-34)17-5-6-18(32(17)2)25(37)38-4/h5-7,9,11-14,35-36H,8,10H2,1-4H3,(H,26,27,29,30)/t14-/m0/s1. The van der Waals surface area contributed by atoms with Crippen LogP contribution >= 0.6 is 0 Å². The van der Waals surface area contributed by atoms with E-state index >= 15 is 0 Å². The molecule has 0 fully saturated rings. The third-order valence-electron chi connectivity index (χ3n) is 6.38.